The minimum absolute atomic E-state index is 0.184. The Morgan fingerprint density at radius 2 is 1.60 bits per heavy atom. The maximum absolute atomic E-state index is 14.5. The van der Waals surface area contributed by atoms with Crippen LogP contribution in [0.5, 0.6) is 5.75 Å². The molecule has 0 unspecified atom stereocenters. The SMILES string of the molecule is Cc1ccccc1COc1c(F)cccc1B1OC(C)(C)C(C)(C)O1. The first-order valence-electron chi connectivity index (χ1n) is 8.53. The third kappa shape index (κ3) is 3.44. The third-order valence-electron chi connectivity index (χ3n) is 5.14. The van der Waals surface area contributed by atoms with E-state index in [4.69, 9.17) is 14.0 Å². The first-order valence-corrected chi connectivity index (χ1v) is 8.53. The zero-order valence-corrected chi connectivity index (χ0v) is 15.4. The van der Waals surface area contributed by atoms with Crippen LogP contribution in [0.4, 0.5) is 4.39 Å². The van der Waals surface area contributed by atoms with Crippen molar-refractivity contribution < 1.29 is 18.4 Å². The molecule has 2 aromatic carbocycles. The van der Waals surface area contributed by atoms with Crippen LogP contribution in [0.15, 0.2) is 42.5 Å². The fourth-order valence-electron chi connectivity index (χ4n) is 2.76. The number of halogens is 1. The predicted molar refractivity (Wildman–Crippen MR) is 97.6 cm³/mol. The fourth-order valence-corrected chi connectivity index (χ4v) is 2.76. The number of ether oxygens (including phenoxy) is 1. The van der Waals surface area contributed by atoms with E-state index in [0.29, 0.717) is 12.1 Å². The zero-order valence-electron chi connectivity index (χ0n) is 15.4. The molecule has 3 nitrogen and oxygen atoms in total. The molecule has 1 saturated heterocycles. The van der Waals surface area contributed by atoms with Crippen molar-refractivity contribution in [1.82, 2.24) is 0 Å². The van der Waals surface area contributed by atoms with Gasteiger partial charge < -0.3 is 14.0 Å². The van der Waals surface area contributed by atoms with E-state index in [1.54, 1.807) is 12.1 Å². The van der Waals surface area contributed by atoms with Crippen molar-refractivity contribution in [2.45, 2.75) is 52.4 Å². The van der Waals surface area contributed by atoms with Gasteiger partial charge in [-0.25, -0.2) is 4.39 Å². The molecule has 25 heavy (non-hydrogen) atoms. The number of benzene rings is 2. The third-order valence-corrected chi connectivity index (χ3v) is 5.14. The van der Waals surface area contributed by atoms with E-state index in [1.165, 1.54) is 6.07 Å². The quantitative estimate of drug-likeness (QED) is 0.786. The van der Waals surface area contributed by atoms with E-state index < -0.39 is 24.1 Å². The summed E-state index contributed by atoms with van der Waals surface area (Å²) in [6.07, 6.45) is 0. The van der Waals surface area contributed by atoms with Gasteiger partial charge in [-0.3, -0.25) is 0 Å². The standard InChI is InChI=1S/C20H24BFO3/c1-14-9-6-7-10-15(14)13-23-18-16(11-8-12-17(18)22)21-24-19(2,3)20(4,5)25-21/h6-12H,13H2,1-5H3. The topological polar surface area (TPSA) is 27.7 Å². The van der Waals surface area contributed by atoms with Gasteiger partial charge in [-0.05, 0) is 51.8 Å². The van der Waals surface area contributed by atoms with E-state index in [1.807, 2.05) is 58.9 Å². The van der Waals surface area contributed by atoms with Gasteiger partial charge in [-0.2, -0.15) is 0 Å². The van der Waals surface area contributed by atoms with Crippen LogP contribution < -0.4 is 10.2 Å². The number of hydrogen-bond acceptors (Lipinski definition) is 3. The smallest absolute Gasteiger partial charge is 0.486 e. The Kier molecular flexibility index (Phi) is 4.65. The van der Waals surface area contributed by atoms with Gasteiger partial charge in [0.2, 0.25) is 0 Å². The molecule has 0 saturated carbocycles. The molecule has 0 aromatic heterocycles. The molecule has 0 amide bonds. The molecule has 0 radical (unpaired) electrons. The highest BCUT2D eigenvalue weighted by atomic mass is 19.1. The van der Waals surface area contributed by atoms with Crippen molar-refractivity contribution in [1.29, 1.82) is 0 Å². The van der Waals surface area contributed by atoms with E-state index in [-0.39, 0.29) is 5.75 Å². The van der Waals surface area contributed by atoms with Crippen molar-refractivity contribution in [3.63, 3.8) is 0 Å². The van der Waals surface area contributed by atoms with Gasteiger partial charge >= 0.3 is 7.12 Å². The lowest BCUT2D eigenvalue weighted by Crippen LogP contribution is -2.41. The monoisotopic (exact) mass is 342 g/mol. The molecule has 2 aromatic rings. The molecule has 0 spiro atoms. The highest BCUT2D eigenvalue weighted by Gasteiger charge is 2.52. The maximum atomic E-state index is 14.5. The molecule has 0 N–H and O–H groups in total. The van der Waals surface area contributed by atoms with Gasteiger partial charge in [0.05, 0.1) is 11.2 Å². The fraction of sp³-hybridized carbons (Fsp3) is 0.400. The number of para-hydroxylation sites is 1. The van der Waals surface area contributed by atoms with Gasteiger partial charge in [-0.15, -0.1) is 0 Å². The summed E-state index contributed by atoms with van der Waals surface area (Å²) >= 11 is 0. The van der Waals surface area contributed by atoms with Crippen molar-refractivity contribution in [3.8, 4) is 5.75 Å². The zero-order chi connectivity index (χ0) is 18.2. The van der Waals surface area contributed by atoms with E-state index >= 15 is 0 Å². The summed E-state index contributed by atoms with van der Waals surface area (Å²) in [4.78, 5) is 0. The summed E-state index contributed by atoms with van der Waals surface area (Å²) in [5, 5.41) is 0. The van der Waals surface area contributed by atoms with Crippen molar-refractivity contribution >= 4 is 12.6 Å². The molecule has 1 fully saturated rings. The Morgan fingerprint density at radius 1 is 0.960 bits per heavy atom. The molecule has 1 heterocycles. The highest BCUT2D eigenvalue weighted by molar-refractivity contribution is 6.63. The second-order valence-electron chi connectivity index (χ2n) is 7.46. The Hall–Kier alpha value is -1.85. The van der Waals surface area contributed by atoms with Gasteiger partial charge in [0, 0.05) is 5.46 Å². The lowest BCUT2D eigenvalue weighted by Gasteiger charge is -2.32. The molecular weight excluding hydrogens is 318 g/mol. The lowest BCUT2D eigenvalue weighted by atomic mass is 9.78. The Morgan fingerprint density at radius 3 is 2.24 bits per heavy atom. The van der Waals surface area contributed by atoms with Gasteiger partial charge in [0.25, 0.3) is 0 Å². The average molecular weight is 342 g/mol. The van der Waals surface area contributed by atoms with Crippen LogP contribution >= 0.6 is 0 Å². The molecule has 0 aliphatic carbocycles. The van der Waals surface area contributed by atoms with Crippen LogP contribution in [0, 0.1) is 12.7 Å². The summed E-state index contributed by atoms with van der Waals surface area (Å²) in [6, 6.07) is 12.7. The average Bonchev–Trinajstić information content (AvgIpc) is 2.75. The highest BCUT2D eigenvalue weighted by Crippen LogP contribution is 2.37. The van der Waals surface area contributed by atoms with Crippen LogP contribution in [0.1, 0.15) is 38.8 Å². The Labute approximate surface area is 149 Å². The van der Waals surface area contributed by atoms with Crippen molar-refractivity contribution in [2.24, 2.45) is 0 Å². The molecule has 5 heteroatoms. The van der Waals surface area contributed by atoms with Crippen molar-refractivity contribution in [3.05, 3.63) is 59.4 Å². The van der Waals surface area contributed by atoms with Gasteiger partial charge in [0.1, 0.15) is 6.61 Å². The summed E-state index contributed by atoms with van der Waals surface area (Å²) in [5.74, 6) is -0.231. The Bertz CT molecular complexity index is 757. The molecule has 132 valence electrons. The minimum atomic E-state index is -0.660. The first kappa shape index (κ1) is 18.0. The summed E-state index contributed by atoms with van der Waals surface area (Å²) < 4.78 is 32.4. The van der Waals surface area contributed by atoms with Crippen molar-refractivity contribution in [2.75, 3.05) is 0 Å². The largest absolute Gasteiger partial charge is 0.498 e. The second-order valence-corrected chi connectivity index (χ2v) is 7.46. The number of rotatable bonds is 4. The van der Waals surface area contributed by atoms with Gasteiger partial charge in [0.15, 0.2) is 11.6 Å². The molecule has 0 atom stereocenters. The predicted octanol–water partition coefficient (Wildman–Crippen LogP) is 4.01. The van der Waals surface area contributed by atoms with Crippen LogP contribution in [0.2, 0.25) is 0 Å². The molecule has 3 rings (SSSR count). The Balaban J connectivity index is 1.87. The molecular formula is C20H24BFO3. The summed E-state index contributed by atoms with van der Waals surface area (Å²) in [5.41, 5.74) is 1.73. The van der Waals surface area contributed by atoms with E-state index in [9.17, 15) is 4.39 Å². The molecule has 1 aliphatic rings. The van der Waals surface area contributed by atoms with Crippen LogP contribution in [-0.2, 0) is 15.9 Å². The first-order chi connectivity index (χ1) is 11.7. The summed E-state index contributed by atoms with van der Waals surface area (Å²) in [7, 11) is -0.660. The van der Waals surface area contributed by atoms with E-state index in [0.717, 1.165) is 11.1 Å². The van der Waals surface area contributed by atoms with Crippen LogP contribution in [-0.4, -0.2) is 18.3 Å². The van der Waals surface area contributed by atoms with Gasteiger partial charge in [-0.1, -0.05) is 36.4 Å². The number of aryl methyl sites for hydroxylation is 1. The number of hydrogen-bond donors (Lipinski definition) is 0. The maximum Gasteiger partial charge on any atom is 0.498 e. The lowest BCUT2D eigenvalue weighted by molar-refractivity contribution is 0.00578. The van der Waals surface area contributed by atoms with Crippen LogP contribution in [0.3, 0.4) is 0 Å². The molecule has 1 aliphatic heterocycles. The minimum Gasteiger partial charge on any atom is -0.486 e. The van der Waals surface area contributed by atoms with Crippen LogP contribution in [0.25, 0.3) is 0 Å². The second kappa shape index (κ2) is 6.47. The normalized spacial score (nSPS) is 18.4. The molecule has 0 bridgehead atoms. The van der Waals surface area contributed by atoms with E-state index in [2.05, 4.69) is 0 Å². The summed E-state index contributed by atoms with van der Waals surface area (Å²) in [6.45, 7) is 10.2.